The van der Waals surface area contributed by atoms with E-state index in [0.717, 1.165) is 18.4 Å². The fourth-order valence-corrected chi connectivity index (χ4v) is 4.21. The quantitative estimate of drug-likeness (QED) is 0.813. The van der Waals surface area contributed by atoms with Crippen LogP contribution in [0.25, 0.3) is 17.0 Å². The van der Waals surface area contributed by atoms with Gasteiger partial charge >= 0.3 is 0 Å². The Balaban J connectivity index is 1.74. The highest BCUT2D eigenvalue weighted by atomic mass is 16.3. The van der Waals surface area contributed by atoms with E-state index in [4.69, 9.17) is 4.42 Å². The second-order valence-electron chi connectivity index (χ2n) is 8.86. The van der Waals surface area contributed by atoms with Gasteiger partial charge in [0.25, 0.3) is 0 Å². The van der Waals surface area contributed by atoms with Gasteiger partial charge in [-0.15, -0.1) is 0 Å². The van der Waals surface area contributed by atoms with Crippen LogP contribution in [0.4, 0.5) is 0 Å². The number of aryl methyl sites for hydroxylation is 1. The van der Waals surface area contributed by atoms with E-state index in [1.807, 2.05) is 13.0 Å². The highest BCUT2D eigenvalue weighted by molar-refractivity contribution is 5.92. The first-order chi connectivity index (χ1) is 12.5. The third kappa shape index (κ3) is 4.66. The standard InChI is InChI=1S/C22H28N2O3/c1-14-6-8-18-17(10-14)20(26)15(13-27-18)7-9-19(25)23-16-11-21(2,3)24-22(4,5)12-16/h6-10,13,16,24H,11-12H2,1-5H3,(H,23,25)/b9-7+. The number of carbonyl (C=O) groups is 1. The Morgan fingerprint density at radius 3 is 2.56 bits per heavy atom. The molecule has 2 N–H and O–H groups in total. The van der Waals surface area contributed by atoms with Gasteiger partial charge in [0.2, 0.25) is 5.91 Å². The van der Waals surface area contributed by atoms with E-state index >= 15 is 0 Å². The first-order valence-electron chi connectivity index (χ1n) is 9.35. The maximum Gasteiger partial charge on any atom is 0.244 e. The molecule has 0 unspecified atom stereocenters. The zero-order chi connectivity index (χ0) is 19.8. The van der Waals surface area contributed by atoms with Crippen LogP contribution in [-0.2, 0) is 4.79 Å². The Labute approximate surface area is 159 Å². The molecule has 0 radical (unpaired) electrons. The van der Waals surface area contributed by atoms with Gasteiger partial charge in [-0.05, 0) is 65.7 Å². The summed E-state index contributed by atoms with van der Waals surface area (Å²) in [4.78, 5) is 25.0. The van der Waals surface area contributed by atoms with Gasteiger partial charge < -0.3 is 15.1 Å². The molecule has 2 aromatic rings. The van der Waals surface area contributed by atoms with Crippen molar-refractivity contribution >= 4 is 23.0 Å². The molecule has 1 saturated heterocycles. The van der Waals surface area contributed by atoms with Crippen LogP contribution in [0.15, 0.2) is 39.7 Å². The lowest BCUT2D eigenvalue weighted by molar-refractivity contribution is -0.117. The Hall–Kier alpha value is -2.40. The van der Waals surface area contributed by atoms with Crippen LogP contribution >= 0.6 is 0 Å². The smallest absolute Gasteiger partial charge is 0.244 e. The maximum atomic E-state index is 12.6. The minimum absolute atomic E-state index is 0.0410. The first kappa shape index (κ1) is 19.4. The zero-order valence-corrected chi connectivity index (χ0v) is 16.7. The molecule has 0 bridgehead atoms. The van der Waals surface area contributed by atoms with Gasteiger partial charge in [0.15, 0.2) is 5.43 Å². The van der Waals surface area contributed by atoms with Crippen LogP contribution in [0.3, 0.4) is 0 Å². The van der Waals surface area contributed by atoms with Gasteiger partial charge in [-0.25, -0.2) is 0 Å². The summed E-state index contributed by atoms with van der Waals surface area (Å²) in [7, 11) is 0. The monoisotopic (exact) mass is 368 g/mol. The van der Waals surface area contributed by atoms with Crippen molar-refractivity contribution in [1.29, 1.82) is 0 Å². The number of rotatable bonds is 3. The minimum atomic E-state index is -0.197. The molecule has 0 aliphatic carbocycles. The van der Waals surface area contributed by atoms with E-state index in [-0.39, 0.29) is 28.5 Å². The van der Waals surface area contributed by atoms with E-state index in [9.17, 15) is 9.59 Å². The second kappa shape index (κ2) is 6.97. The highest BCUT2D eigenvalue weighted by Crippen LogP contribution is 2.28. The lowest BCUT2D eigenvalue weighted by Crippen LogP contribution is -2.62. The van der Waals surface area contributed by atoms with E-state index in [2.05, 4.69) is 38.3 Å². The molecule has 1 amide bonds. The lowest BCUT2D eigenvalue weighted by Gasteiger charge is -2.46. The number of hydrogen-bond acceptors (Lipinski definition) is 4. The molecule has 5 heteroatoms. The van der Waals surface area contributed by atoms with Gasteiger partial charge in [-0.1, -0.05) is 11.6 Å². The fourth-order valence-electron chi connectivity index (χ4n) is 4.21. The van der Waals surface area contributed by atoms with Gasteiger partial charge in [0, 0.05) is 23.2 Å². The van der Waals surface area contributed by atoms with Crippen molar-refractivity contribution in [3.05, 3.63) is 51.9 Å². The molecule has 0 spiro atoms. The number of amides is 1. The van der Waals surface area contributed by atoms with Gasteiger partial charge in [0.05, 0.1) is 10.9 Å². The molecule has 27 heavy (non-hydrogen) atoms. The molecule has 1 aromatic carbocycles. The van der Waals surface area contributed by atoms with Crippen LogP contribution in [0.2, 0.25) is 0 Å². The Morgan fingerprint density at radius 2 is 1.89 bits per heavy atom. The number of carbonyl (C=O) groups excluding carboxylic acids is 1. The summed E-state index contributed by atoms with van der Waals surface area (Å²) in [6.07, 6.45) is 6.05. The first-order valence-corrected chi connectivity index (χ1v) is 9.35. The van der Waals surface area contributed by atoms with Crippen LogP contribution in [0.1, 0.15) is 51.7 Å². The number of hydrogen-bond donors (Lipinski definition) is 2. The summed E-state index contributed by atoms with van der Waals surface area (Å²) in [5.74, 6) is -0.197. The molecule has 1 aromatic heterocycles. The summed E-state index contributed by atoms with van der Waals surface area (Å²) in [6, 6.07) is 5.57. The largest absolute Gasteiger partial charge is 0.463 e. The maximum absolute atomic E-state index is 12.6. The molecule has 0 atom stereocenters. The average molecular weight is 368 g/mol. The van der Waals surface area contributed by atoms with Crippen molar-refractivity contribution in [3.8, 4) is 0 Å². The Bertz CT molecular complexity index is 938. The van der Waals surface area contributed by atoms with Crippen molar-refractivity contribution in [2.45, 2.75) is 64.6 Å². The Morgan fingerprint density at radius 1 is 1.22 bits per heavy atom. The highest BCUT2D eigenvalue weighted by Gasteiger charge is 2.37. The fraction of sp³-hybridized carbons (Fsp3) is 0.455. The number of fused-ring (bicyclic) bond motifs is 1. The average Bonchev–Trinajstić information content (AvgIpc) is 2.51. The number of benzene rings is 1. The van der Waals surface area contributed by atoms with Gasteiger partial charge in [0.1, 0.15) is 11.8 Å². The van der Waals surface area contributed by atoms with Gasteiger partial charge in [-0.3, -0.25) is 9.59 Å². The van der Waals surface area contributed by atoms with E-state index < -0.39 is 0 Å². The number of nitrogens with one attached hydrogen (secondary N) is 2. The molecule has 5 nitrogen and oxygen atoms in total. The summed E-state index contributed by atoms with van der Waals surface area (Å²) in [5, 5.41) is 7.19. The van der Waals surface area contributed by atoms with Crippen molar-refractivity contribution in [2.24, 2.45) is 0 Å². The molecular weight excluding hydrogens is 340 g/mol. The van der Waals surface area contributed by atoms with Crippen LogP contribution in [0.5, 0.6) is 0 Å². The van der Waals surface area contributed by atoms with E-state index in [1.54, 1.807) is 12.1 Å². The van der Waals surface area contributed by atoms with Crippen molar-refractivity contribution in [1.82, 2.24) is 10.6 Å². The Kier molecular flexibility index (Phi) is 5.00. The van der Waals surface area contributed by atoms with E-state index in [0.29, 0.717) is 16.5 Å². The van der Waals surface area contributed by atoms with Crippen LogP contribution < -0.4 is 16.1 Å². The van der Waals surface area contributed by atoms with E-state index in [1.165, 1.54) is 18.4 Å². The van der Waals surface area contributed by atoms with Crippen molar-refractivity contribution in [3.63, 3.8) is 0 Å². The minimum Gasteiger partial charge on any atom is -0.463 e. The molecule has 2 heterocycles. The molecular formula is C22H28N2O3. The molecule has 144 valence electrons. The van der Waals surface area contributed by atoms with Gasteiger partial charge in [-0.2, -0.15) is 0 Å². The molecule has 3 rings (SSSR count). The third-order valence-corrected chi connectivity index (χ3v) is 4.91. The molecule has 0 saturated carbocycles. The van der Waals surface area contributed by atoms with Crippen LogP contribution in [-0.4, -0.2) is 23.0 Å². The lowest BCUT2D eigenvalue weighted by atomic mass is 9.79. The second-order valence-corrected chi connectivity index (χ2v) is 8.86. The summed E-state index contributed by atoms with van der Waals surface area (Å²) in [6.45, 7) is 10.5. The summed E-state index contributed by atoms with van der Waals surface area (Å²) >= 11 is 0. The SMILES string of the molecule is Cc1ccc2occ(/C=C/C(=O)NC3CC(C)(C)NC(C)(C)C3)c(=O)c2c1. The predicted octanol–water partition coefficient (Wildman–Crippen LogP) is 3.54. The topological polar surface area (TPSA) is 71.3 Å². The normalized spacial score (nSPS) is 19.4. The molecule has 1 aliphatic heterocycles. The van der Waals surface area contributed by atoms with Crippen LogP contribution in [0, 0.1) is 6.92 Å². The third-order valence-electron chi connectivity index (χ3n) is 4.91. The van der Waals surface area contributed by atoms with Crippen molar-refractivity contribution < 1.29 is 9.21 Å². The van der Waals surface area contributed by atoms with Crippen molar-refractivity contribution in [2.75, 3.05) is 0 Å². The molecule has 1 fully saturated rings. The number of piperidine rings is 1. The summed E-state index contributed by atoms with van der Waals surface area (Å²) < 4.78 is 5.52. The zero-order valence-electron chi connectivity index (χ0n) is 16.7. The molecule has 1 aliphatic rings. The predicted molar refractivity (Wildman–Crippen MR) is 109 cm³/mol. The summed E-state index contributed by atoms with van der Waals surface area (Å²) in [5.41, 5.74) is 1.69.